The van der Waals surface area contributed by atoms with Crippen molar-refractivity contribution in [3.8, 4) is 0 Å². The minimum absolute atomic E-state index is 0.0525. The molecule has 0 aromatic heterocycles. The van der Waals surface area contributed by atoms with Crippen molar-refractivity contribution in [2.75, 3.05) is 46.4 Å². The Bertz CT molecular complexity index is 588. The highest BCUT2D eigenvalue weighted by atomic mass is 19.1. The zero-order chi connectivity index (χ0) is 18.1. The molecule has 0 radical (unpaired) electrons. The van der Waals surface area contributed by atoms with Gasteiger partial charge in [-0.1, -0.05) is 12.1 Å². The van der Waals surface area contributed by atoms with E-state index < -0.39 is 11.7 Å². The van der Waals surface area contributed by atoms with Gasteiger partial charge in [0.25, 0.3) is 5.91 Å². The van der Waals surface area contributed by atoms with Crippen LogP contribution in [0.2, 0.25) is 0 Å². The van der Waals surface area contributed by atoms with Crippen molar-refractivity contribution in [1.29, 1.82) is 0 Å². The van der Waals surface area contributed by atoms with Crippen molar-refractivity contribution in [2.45, 2.75) is 13.3 Å². The van der Waals surface area contributed by atoms with Crippen LogP contribution in [0.3, 0.4) is 0 Å². The van der Waals surface area contributed by atoms with Gasteiger partial charge in [-0.3, -0.25) is 9.79 Å². The molecule has 1 aromatic carbocycles. The average Bonchev–Trinajstić information content (AvgIpc) is 3.10. The number of halogens is 1. The molecule has 0 bridgehead atoms. The summed E-state index contributed by atoms with van der Waals surface area (Å²) in [5.74, 6) is 0.384. The number of amides is 1. The molecule has 1 aliphatic rings. The highest BCUT2D eigenvalue weighted by molar-refractivity contribution is 5.94. The lowest BCUT2D eigenvalue weighted by atomic mass is 10.1. The molecule has 0 saturated carbocycles. The summed E-state index contributed by atoms with van der Waals surface area (Å²) in [4.78, 5) is 18.6. The van der Waals surface area contributed by atoms with Gasteiger partial charge in [-0.15, -0.1) is 0 Å². The molecule has 2 rings (SSSR count). The molecule has 1 amide bonds. The Morgan fingerprint density at radius 2 is 2.20 bits per heavy atom. The summed E-state index contributed by atoms with van der Waals surface area (Å²) in [6.07, 6.45) is 1.07. The lowest BCUT2D eigenvalue weighted by Crippen LogP contribution is -2.42. The van der Waals surface area contributed by atoms with Crippen LogP contribution >= 0.6 is 0 Å². The van der Waals surface area contributed by atoms with E-state index in [-0.39, 0.29) is 5.56 Å². The molecule has 138 valence electrons. The van der Waals surface area contributed by atoms with Gasteiger partial charge in [0.15, 0.2) is 5.96 Å². The number of carbonyl (C=O) groups excluding carboxylic acids is 1. The van der Waals surface area contributed by atoms with Crippen LogP contribution in [-0.4, -0.2) is 63.2 Å². The number of hydrogen-bond donors (Lipinski definition) is 2. The molecule has 1 saturated heterocycles. The van der Waals surface area contributed by atoms with Gasteiger partial charge in [-0.25, -0.2) is 4.39 Å². The fourth-order valence-electron chi connectivity index (χ4n) is 2.74. The van der Waals surface area contributed by atoms with E-state index in [2.05, 4.69) is 20.5 Å². The number of benzene rings is 1. The predicted molar refractivity (Wildman–Crippen MR) is 96.3 cm³/mol. The highest BCUT2D eigenvalue weighted by Crippen LogP contribution is 2.13. The van der Waals surface area contributed by atoms with Crippen LogP contribution in [0.1, 0.15) is 23.7 Å². The third-order valence-electron chi connectivity index (χ3n) is 4.03. The average molecular weight is 350 g/mol. The Kier molecular flexibility index (Phi) is 7.66. The number of carbonyl (C=O) groups is 1. The maximum atomic E-state index is 13.6. The second-order valence-electron chi connectivity index (χ2n) is 6.08. The van der Waals surface area contributed by atoms with Gasteiger partial charge in [0.1, 0.15) is 5.82 Å². The van der Waals surface area contributed by atoms with Gasteiger partial charge in [0, 0.05) is 39.2 Å². The molecule has 1 heterocycles. The molecule has 1 unspecified atom stereocenters. The summed E-state index contributed by atoms with van der Waals surface area (Å²) in [6, 6.07) is 5.94. The number of nitrogens with one attached hydrogen (secondary N) is 2. The first-order chi connectivity index (χ1) is 12.1. The van der Waals surface area contributed by atoms with E-state index in [1.54, 1.807) is 12.1 Å². The van der Waals surface area contributed by atoms with E-state index in [1.807, 2.05) is 14.0 Å². The van der Waals surface area contributed by atoms with Crippen molar-refractivity contribution in [3.05, 3.63) is 35.6 Å². The summed E-state index contributed by atoms with van der Waals surface area (Å²) < 4.78 is 19.0. The van der Waals surface area contributed by atoms with E-state index in [9.17, 15) is 9.18 Å². The quantitative estimate of drug-likeness (QED) is 0.444. The van der Waals surface area contributed by atoms with Gasteiger partial charge in [0.2, 0.25) is 0 Å². The van der Waals surface area contributed by atoms with Gasteiger partial charge < -0.3 is 20.3 Å². The van der Waals surface area contributed by atoms with E-state index in [0.717, 1.165) is 38.7 Å². The van der Waals surface area contributed by atoms with Crippen molar-refractivity contribution in [2.24, 2.45) is 10.9 Å². The fourth-order valence-corrected chi connectivity index (χ4v) is 2.74. The number of aliphatic imine (C=N–C) groups is 1. The Morgan fingerprint density at radius 3 is 2.88 bits per heavy atom. The van der Waals surface area contributed by atoms with E-state index in [4.69, 9.17) is 4.74 Å². The van der Waals surface area contributed by atoms with Crippen LogP contribution in [-0.2, 0) is 4.74 Å². The normalized spacial score (nSPS) is 17.4. The maximum Gasteiger partial charge on any atom is 0.254 e. The summed E-state index contributed by atoms with van der Waals surface area (Å²) in [5.41, 5.74) is 0.0525. The Labute approximate surface area is 148 Å². The standard InChI is InChI=1S/C18H27FN4O2/c1-3-20-18(23(2)12-14-8-11-25-13-14)22-10-9-21-17(24)15-6-4-5-7-16(15)19/h4-7,14H,3,8-13H2,1-2H3,(H,20,22)(H,21,24). The number of rotatable bonds is 7. The zero-order valence-electron chi connectivity index (χ0n) is 14.9. The van der Waals surface area contributed by atoms with Crippen LogP contribution in [0, 0.1) is 11.7 Å². The molecule has 7 heteroatoms. The monoisotopic (exact) mass is 350 g/mol. The Morgan fingerprint density at radius 1 is 1.40 bits per heavy atom. The number of nitrogens with zero attached hydrogens (tertiary/aromatic N) is 2. The van der Waals surface area contributed by atoms with Crippen molar-refractivity contribution in [1.82, 2.24) is 15.5 Å². The first kappa shape index (κ1) is 19.2. The van der Waals surface area contributed by atoms with Gasteiger partial charge in [-0.2, -0.15) is 0 Å². The van der Waals surface area contributed by atoms with Crippen LogP contribution in [0.25, 0.3) is 0 Å². The molecular weight excluding hydrogens is 323 g/mol. The smallest absolute Gasteiger partial charge is 0.254 e. The third-order valence-corrected chi connectivity index (χ3v) is 4.03. The fraction of sp³-hybridized carbons (Fsp3) is 0.556. The number of ether oxygens (including phenoxy) is 1. The zero-order valence-corrected chi connectivity index (χ0v) is 14.9. The van der Waals surface area contributed by atoms with Crippen LogP contribution in [0.5, 0.6) is 0 Å². The molecule has 1 aromatic rings. The van der Waals surface area contributed by atoms with Gasteiger partial charge in [0.05, 0.1) is 18.7 Å². The van der Waals surface area contributed by atoms with Gasteiger partial charge >= 0.3 is 0 Å². The SMILES string of the molecule is CCNC(=NCCNC(=O)c1ccccc1F)N(C)CC1CCOC1. The van der Waals surface area contributed by atoms with E-state index in [0.29, 0.717) is 19.0 Å². The molecule has 25 heavy (non-hydrogen) atoms. The predicted octanol–water partition coefficient (Wildman–Crippen LogP) is 1.49. The largest absolute Gasteiger partial charge is 0.381 e. The minimum atomic E-state index is -0.518. The highest BCUT2D eigenvalue weighted by Gasteiger charge is 2.19. The molecule has 1 atom stereocenters. The summed E-state index contributed by atoms with van der Waals surface area (Å²) in [7, 11) is 2.00. The van der Waals surface area contributed by atoms with Crippen LogP contribution in [0.4, 0.5) is 4.39 Å². The molecule has 0 spiro atoms. The molecule has 2 N–H and O–H groups in total. The summed E-state index contributed by atoms with van der Waals surface area (Å²) in [5, 5.41) is 5.94. The Hall–Kier alpha value is -2.15. The van der Waals surface area contributed by atoms with Crippen LogP contribution in [0.15, 0.2) is 29.3 Å². The summed E-state index contributed by atoms with van der Waals surface area (Å²) >= 11 is 0. The van der Waals surface area contributed by atoms with Crippen molar-refractivity contribution < 1.29 is 13.9 Å². The first-order valence-corrected chi connectivity index (χ1v) is 8.71. The molecule has 0 aliphatic carbocycles. The maximum absolute atomic E-state index is 13.6. The lowest BCUT2D eigenvalue weighted by molar-refractivity contribution is 0.0950. The number of guanidine groups is 1. The first-order valence-electron chi connectivity index (χ1n) is 8.71. The van der Waals surface area contributed by atoms with Gasteiger partial charge in [-0.05, 0) is 25.5 Å². The summed E-state index contributed by atoms with van der Waals surface area (Å²) in [6.45, 7) is 6.06. The van der Waals surface area contributed by atoms with Crippen molar-refractivity contribution in [3.63, 3.8) is 0 Å². The minimum Gasteiger partial charge on any atom is -0.381 e. The second-order valence-corrected chi connectivity index (χ2v) is 6.08. The molecule has 1 aliphatic heterocycles. The molecule has 6 nitrogen and oxygen atoms in total. The topological polar surface area (TPSA) is 66.0 Å². The van der Waals surface area contributed by atoms with E-state index >= 15 is 0 Å². The second kappa shape index (κ2) is 9.98. The molecular formula is C18H27FN4O2. The van der Waals surface area contributed by atoms with E-state index in [1.165, 1.54) is 12.1 Å². The van der Waals surface area contributed by atoms with Crippen molar-refractivity contribution >= 4 is 11.9 Å². The molecule has 1 fully saturated rings. The van der Waals surface area contributed by atoms with Crippen LogP contribution < -0.4 is 10.6 Å². The lowest BCUT2D eigenvalue weighted by Gasteiger charge is -2.24. The Balaban J connectivity index is 1.82. The third kappa shape index (κ3) is 6.01. The number of hydrogen-bond acceptors (Lipinski definition) is 3.